The molecule has 108 valence electrons. The monoisotopic (exact) mass is 277 g/mol. The Morgan fingerprint density at radius 3 is 2.50 bits per heavy atom. The van der Waals surface area contributed by atoms with Crippen LogP contribution in [0.4, 0.5) is 0 Å². The topological polar surface area (TPSA) is 66.8 Å². The zero-order chi connectivity index (χ0) is 14.8. The molecule has 1 aliphatic rings. The van der Waals surface area contributed by atoms with Crippen molar-refractivity contribution < 1.29 is 19.4 Å². The minimum Gasteiger partial charge on any atom is -0.481 e. The van der Waals surface area contributed by atoms with Gasteiger partial charge in [0.15, 0.2) is 6.10 Å². The van der Waals surface area contributed by atoms with Crippen LogP contribution in [0.5, 0.6) is 0 Å². The quantitative estimate of drug-likeness (QED) is 0.909. The first-order valence-corrected chi connectivity index (χ1v) is 6.58. The van der Waals surface area contributed by atoms with Crippen molar-refractivity contribution in [3.63, 3.8) is 0 Å². The van der Waals surface area contributed by atoms with Crippen LogP contribution >= 0.6 is 0 Å². The molecule has 1 aromatic rings. The molecular formula is C15H19NO4. The lowest BCUT2D eigenvalue weighted by Gasteiger charge is -2.24. The number of hydrogen-bond donors (Lipinski definition) is 1. The lowest BCUT2D eigenvalue weighted by Crippen LogP contribution is -2.37. The smallest absolute Gasteiger partial charge is 0.311 e. The number of rotatable bonds is 4. The molecule has 20 heavy (non-hydrogen) atoms. The van der Waals surface area contributed by atoms with Gasteiger partial charge in [-0.05, 0) is 18.9 Å². The summed E-state index contributed by atoms with van der Waals surface area (Å²) in [5.74, 6) is -1.04. The molecule has 0 spiro atoms. The van der Waals surface area contributed by atoms with E-state index in [2.05, 4.69) is 0 Å². The van der Waals surface area contributed by atoms with Gasteiger partial charge in [0.05, 0.1) is 5.41 Å². The largest absolute Gasteiger partial charge is 0.481 e. The van der Waals surface area contributed by atoms with Crippen molar-refractivity contribution in [1.29, 1.82) is 0 Å². The Morgan fingerprint density at radius 1 is 1.35 bits per heavy atom. The standard InChI is InChI=1S/C15H19NO4/c1-15(14(18)19)8-9-16(10-15)13(17)12(20-2)11-6-4-3-5-7-11/h3-7,12H,8-10H2,1-2H3,(H,18,19)/t12-,15?/m1/s1. The van der Waals surface area contributed by atoms with E-state index >= 15 is 0 Å². The second-order valence-electron chi connectivity index (χ2n) is 5.40. The maximum absolute atomic E-state index is 12.5. The molecule has 2 atom stereocenters. The maximum Gasteiger partial charge on any atom is 0.311 e. The molecule has 1 unspecified atom stereocenters. The molecule has 1 amide bonds. The lowest BCUT2D eigenvalue weighted by atomic mass is 9.90. The Kier molecular flexibility index (Phi) is 4.09. The molecule has 1 fully saturated rings. The third-order valence-corrected chi connectivity index (χ3v) is 3.86. The normalized spacial score (nSPS) is 23.6. The number of hydrogen-bond acceptors (Lipinski definition) is 3. The van der Waals surface area contributed by atoms with Gasteiger partial charge in [0.25, 0.3) is 5.91 Å². The van der Waals surface area contributed by atoms with Crippen LogP contribution in [-0.2, 0) is 14.3 Å². The number of aliphatic carboxylic acids is 1. The number of amides is 1. The Balaban J connectivity index is 2.13. The first kappa shape index (κ1) is 14.5. The molecule has 0 saturated carbocycles. The molecule has 1 aromatic carbocycles. The Hall–Kier alpha value is -1.88. The van der Waals surface area contributed by atoms with Crippen molar-refractivity contribution in [3.05, 3.63) is 35.9 Å². The van der Waals surface area contributed by atoms with E-state index in [0.29, 0.717) is 13.0 Å². The average Bonchev–Trinajstić information content (AvgIpc) is 2.85. The van der Waals surface area contributed by atoms with E-state index in [-0.39, 0.29) is 12.5 Å². The van der Waals surface area contributed by atoms with E-state index in [9.17, 15) is 14.7 Å². The predicted octanol–water partition coefficient (Wildman–Crippen LogP) is 1.70. The van der Waals surface area contributed by atoms with Crippen molar-refractivity contribution in [3.8, 4) is 0 Å². The summed E-state index contributed by atoms with van der Waals surface area (Å²) in [5, 5.41) is 9.22. The molecule has 0 bridgehead atoms. The fraction of sp³-hybridized carbons (Fsp3) is 0.467. The highest BCUT2D eigenvalue weighted by molar-refractivity contribution is 5.84. The Bertz CT molecular complexity index is 502. The van der Waals surface area contributed by atoms with Crippen LogP contribution in [-0.4, -0.2) is 42.1 Å². The number of likely N-dealkylation sites (tertiary alicyclic amines) is 1. The maximum atomic E-state index is 12.5. The summed E-state index contributed by atoms with van der Waals surface area (Å²) in [6.45, 7) is 2.36. The molecule has 1 saturated heterocycles. The van der Waals surface area contributed by atoms with Crippen LogP contribution in [0.2, 0.25) is 0 Å². The second kappa shape index (κ2) is 5.63. The van der Waals surface area contributed by atoms with Crippen LogP contribution in [0.3, 0.4) is 0 Å². The van der Waals surface area contributed by atoms with Crippen LogP contribution in [0.1, 0.15) is 25.0 Å². The number of carbonyl (C=O) groups is 2. The van der Waals surface area contributed by atoms with Crippen molar-refractivity contribution in [1.82, 2.24) is 4.90 Å². The minimum atomic E-state index is -0.860. The second-order valence-corrected chi connectivity index (χ2v) is 5.40. The molecule has 1 N–H and O–H groups in total. The first-order valence-electron chi connectivity index (χ1n) is 6.58. The Labute approximate surface area is 118 Å². The van der Waals surface area contributed by atoms with Gasteiger partial charge in [0.1, 0.15) is 0 Å². The van der Waals surface area contributed by atoms with Crippen molar-refractivity contribution in [2.24, 2.45) is 5.41 Å². The van der Waals surface area contributed by atoms with Gasteiger partial charge >= 0.3 is 5.97 Å². The van der Waals surface area contributed by atoms with Crippen LogP contribution < -0.4 is 0 Å². The number of ether oxygens (including phenoxy) is 1. The van der Waals surface area contributed by atoms with Gasteiger partial charge in [-0.1, -0.05) is 30.3 Å². The van der Waals surface area contributed by atoms with Gasteiger partial charge in [0.2, 0.25) is 0 Å². The number of benzene rings is 1. The van der Waals surface area contributed by atoms with Crippen molar-refractivity contribution in [2.45, 2.75) is 19.4 Å². The molecule has 1 aliphatic heterocycles. The van der Waals surface area contributed by atoms with Gasteiger partial charge < -0.3 is 14.7 Å². The van der Waals surface area contributed by atoms with Crippen LogP contribution in [0.25, 0.3) is 0 Å². The van der Waals surface area contributed by atoms with E-state index < -0.39 is 17.5 Å². The summed E-state index contributed by atoms with van der Waals surface area (Å²) in [7, 11) is 1.49. The average molecular weight is 277 g/mol. The van der Waals surface area contributed by atoms with Crippen LogP contribution in [0.15, 0.2) is 30.3 Å². The minimum absolute atomic E-state index is 0.177. The lowest BCUT2D eigenvalue weighted by molar-refractivity contribution is -0.148. The summed E-state index contributed by atoms with van der Waals surface area (Å²) in [4.78, 5) is 25.3. The van der Waals surface area contributed by atoms with Gasteiger partial charge in [-0.25, -0.2) is 0 Å². The van der Waals surface area contributed by atoms with Crippen molar-refractivity contribution >= 4 is 11.9 Å². The van der Waals surface area contributed by atoms with Gasteiger partial charge in [-0.2, -0.15) is 0 Å². The van der Waals surface area contributed by atoms with E-state index in [0.717, 1.165) is 5.56 Å². The molecule has 2 rings (SSSR count). The number of carbonyl (C=O) groups excluding carboxylic acids is 1. The summed E-state index contributed by atoms with van der Waals surface area (Å²) < 4.78 is 5.30. The fourth-order valence-corrected chi connectivity index (χ4v) is 2.50. The Morgan fingerprint density at radius 2 is 2.00 bits per heavy atom. The number of nitrogens with zero attached hydrogens (tertiary/aromatic N) is 1. The third-order valence-electron chi connectivity index (χ3n) is 3.86. The van der Waals surface area contributed by atoms with Gasteiger partial charge in [0, 0.05) is 20.2 Å². The van der Waals surface area contributed by atoms with Crippen LogP contribution in [0, 0.1) is 5.41 Å². The molecular weight excluding hydrogens is 258 g/mol. The van der Waals surface area contributed by atoms with Gasteiger partial charge in [-0.3, -0.25) is 9.59 Å². The van der Waals surface area contributed by atoms with Gasteiger partial charge in [-0.15, -0.1) is 0 Å². The molecule has 5 nitrogen and oxygen atoms in total. The number of carboxylic acids is 1. The zero-order valence-corrected chi connectivity index (χ0v) is 11.7. The summed E-state index contributed by atoms with van der Waals surface area (Å²) in [6, 6.07) is 9.23. The fourth-order valence-electron chi connectivity index (χ4n) is 2.50. The molecule has 1 heterocycles. The SMILES string of the molecule is CO[C@@H](C(=O)N1CCC(C)(C(=O)O)C1)c1ccccc1. The summed E-state index contributed by atoms with van der Waals surface area (Å²) in [5.41, 5.74) is -0.0751. The summed E-state index contributed by atoms with van der Waals surface area (Å²) >= 11 is 0. The third kappa shape index (κ3) is 2.67. The van der Waals surface area contributed by atoms with E-state index in [1.165, 1.54) is 7.11 Å². The highest BCUT2D eigenvalue weighted by Gasteiger charge is 2.43. The van der Waals surface area contributed by atoms with Crippen molar-refractivity contribution in [2.75, 3.05) is 20.2 Å². The molecule has 0 aliphatic carbocycles. The number of carboxylic acid groups (broad SMARTS) is 1. The molecule has 0 aromatic heterocycles. The van der Waals surface area contributed by atoms with E-state index in [1.54, 1.807) is 11.8 Å². The zero-order valence-electron chi connectivity index (χ0n) is 11.7. The molecule has 5 heteroatoms. The predicted molar refractivity (Wildman–Crippen MR) is 73.1 cm³/mol. The highest BCUT2D eigenvalue weighted by Crippen LogP contribution is 2.32. The van der Waals surface area contributed by atoms with E-state index in [4.69, 9.17) is 4.74 Å². The van der Waals surface area contributed by atoms with E-state index in [1.807, 2.05) is 30.3 Å². The summed E-state index contributed by atoms with van der Waals surface area (Å²) in [6.07, 6.45) is -0.202. The molecule has 0 radical (unpaired) electrons. The number of methoxy groups -OCH3 is 1. The first-order chi connectivity index (χ1) is 9.48. The highest BCUT2D eigenvalue weighted by atomic mass is 16.5.